The second kappa shape index (κ2) is 12.4. The number of nitrogens with zero attached hydrogens (tertiary/aromatic N) is 2. The van der Waals surface area contributed by atoms with E-state index in [1.165, 1.54) is 30.3 Å². The Labute approximate surface area is 236 Å². The predicted molar refractivity (Wildman–Crippen MR) is 153 cm³/mol. The summed E-state index contributed by atoms with van der Waals surface area (Å²) in [6, 6.07) is 19.6. The molecule has 0 spiro atoms. The third-order valence-electron chi connectivity index (χ3n) is 7.88. The number of halogens is 1. The summed E-state index contributed by atoms with van der Waals surface area (Å²) in [5.41, 5.74) is 1.25. The van der Waals surface area contributed by atoms with Crippen LogP contribution in [0, 0.1) is 12.7 Å². The van der Waals surface area contributed by atoms with Gasteiger partial charge in [0.05, 0.1) is 37.3 Å². The Kier molecular flexibility index (Phi) is 9.18. The zero-order valence-corrected chi connectivity index (χ0v) is 24.0. The molecule has 1 atom stereocenters. The summed E-state index contributed by atoms with van der Waals surface area (Å²) in [5, 5.41) is 0. The van der Waals surface area contributed by atoms with Crippen LogP contribution in [-0.2, 0) is 19.6 Å². The van der Waals surface area contributed by atoms with Crippen LogP contribution in [0.3, 0.4) is 0 Å². The van der Waals surface area contributed by atoms with Gasteiger partial charge in [0.25, 0.3) is 0 Å². The average molecular weight is 567 g/mol. The third-order valence-corrected chi connectivity index (χ3v) is 9.30. The summed E-state index contributed by atoms with van der Waals surface area (Å²) in [7, 11) is -0.320. The summed E-state index contributed by atoms with van der Waals surface area (Å²) in [5.74, 6) is -1.69. The average Bonchev–Trinajstić information content (AvgIpc) is 2.96. The fourth-order valence-electron chi connectivity index (χ4n) is 5.49. The predicted octanol–water partition coefficient (Wildman–Crippen LogP) is 5.12. The molecule has 7 nitrogen and oxygen atoms in total. The minimum Gasteiger partial charge on any atom is -0.288 e. The van der Waals surface area contributed by atoms with Crippen molar-refractivity contribution in [1.29, 1.82) is 0 Å². The minimum atomic E-state index is -4.03. The van der Waals surface area contributed by atoms with Gasteiger partial charge in [-0.2, -0.15) is 0 Å². The van der Waals surface area contributed by atoms with Gasteiger partial charge in [-0.3, -0.25) is 14.2 Å². The SMILES string of the molecule is Cc1ccccc1C(C(=O)[N+](C)(C)C1CCCCC1)N(C(=O)CNS(=O)(=O)c1ccccc1)c1ccccc1F. The van der Waals surface area contributed by atoms with Gasteiger partial charge in [0, 0.05) is 0 Å². The molecule has 0 heterocycles. The molecule has 9 heteroatoms. The van der Waals surface area contributed by atoms with Gasteiger partial charge in [-0.1, -0.05) is 61.0 Å². The molecule has 40 heavy (non-hydrogen) atoms. The highest BCUT2D eigenvalue weighted by Crippen LogP contribution is 2.36. The van der Waals surface area contributed by atoms with Crippen LogP contribution in [0.25, 0.3) is 0 Å². The normalized spacial score (nSPS) is 15.4. The molecule has 1 aliphatic carbocycles. The van der Waals surface area contributed by atoms with E-state index in [0.29, 0.717) is 5.56 Å². The van der Waals surface area contributed by atoms with Crippen molar-refractivity contribution in [2.75, 3.05) is 25.5 Å². The third kappa shape index (κ3) is 6.32. The van der Waals surface area contributed by atoms with Crippen molar-refractivity contribution >= 4 is 27.5 Å². The highest BCUT2D eigenvalue weighted by molar-refractivity contribution is 7.89. The maximum absolute atomic E-state index is 15.4. The number of aryl methyl sites for hydroxylation is 1. The lowest BCUT2D eigenvalue weighted by Crippen LogP contribution is -2.59. The first-order valence-corrected chi connectivity index (χ1v) is 15.1. The molecule has 0 aliphatic heterocycles. The monoisotopic (exact) mass is 566 g/mol. The highest BCUT2D eigenvalue weighted by atomic mass is 32.2. The molecule has 4 rings (SSSR count). The molecule has 0 bridgehead atoms. The summed E-state index contributed by atoms with van der Waals surface area (Å²) >= 11 is 0. The van der Waals surface area contributed by atoms with Crippen LogP contribution in [0.15, 0.2) is 83.8 Å². The number of hydrogen-bond acceptors (Lipinski definition) is 4. The van der Waals surface area contributed by atoms with E-state index in [-0.39, 0.29) is 27.0 Å². The van der Waals surface area contributed by atoms with Crippen LogP contribution in [0.2, 0.25) is 0 Å². The fraction of sp³-hybridized carbons (Fsp3) is 0.355. The first-order chi connectivity index (χ1) is 19.0. The Bertz CT molecular complexity index is 1450. The van der Waals surface area contributed by atoms with Gasteiger partial charge in [-0.15, -0.1) is 0 Å². The van der Waals surface area contributed by atoms with Crippen LogP contribution >= 0.6 is 0 Å². The topological polar surface area (TPSA) is 83.6 Å². The van der Waals surface area contributed by atoms with Crippen molar-refractivity contribution < 1.29 is 26.9 Å². The van der Waals surface area contributed by atoms with E-state index in [9.17, 15) is 18.0 Å². The fourth-order valence-corrected chi connectivity index (χ4v) is 6.48. The molecule has 1 saturated carbocycles. The maximum atomic E-state index is 15.4. The van der Waals surface area contributed by atoms with Gasteiger partial charge >= 0.3 is 5.91 Å². The molecule has 2 amide bonds. The second-order valence-corrected chi connectivity index (χ2v) is 12.5. The van der Waals surface area contributed by atoms with E-state index in [2.05, 4.69) is 4.72 Å². The molecule has 1 fully saturated rings. The van der Waals surface area contributed by atoms with Crippen molar-refractivity contribution in [2.45, 2.75) is 56.0 Å². The number of carbonyl (C=O) groups is 2. The molecule has 1 aliphatic rings. The van der Waals surface area contributed by atoms with E-state index < -0.39 is 34.3 Å². The molecule has 3 aromatic carbocycles. The van der Waals surface area contributed by atoms with Gasteiger partial charge in [-0.25, -0.2) is 22.3 Å². The van der Waals surface area contributed by atoms with E-state index in [1.54, 1.807) is 36.4 Å². The summed E-state index contributed by atoms with van der Waals surface area (Å²) in [6.07, 6.45) is 4.92. The largest absolute Gasteiger partial charge is 0.341 e. The zero-order valence-electron chi connectivity index (χ0n) is 23.2. The molecule has 3 aromatic rings. The Hall–Kier alpha value is -3.40. The number of benzene rings is 3. The minimum absolute atomic E-state index is 0.00173. The first-order valence-electron chi connectivity index (χ1n) is 13.6. The lowest BCUT2D eigenvalue weighted by atomic mass is 9.90. The number of carbonyl (C=O) groups excluding carboxylic acids is 2. The lowest BCUT2D eigenvalue weighted by molar-refractivity contribution is -0.843. The smallest absolute Gasteiger partial charge is 0.288 e. The van der Waals surface area contributed by atoms with Gasteiger partial charge in [0.2, 0.25) is 15.9 Å². The number of likely N-dealkylation sites (N-methyl/N-ethyl adjacent to an activating group) is 1. The van der Waals surface area contributed by atoms with Crippen molar-refractivity contribution in [1.82, 2.24) is 4.72 Å². The number of hydrogen-bond donors (Lipinski definition) is 1. The number of sulfonamides is 1. The van der Waals surface area contributed by atoms with Crippen molar-refractivity contribution in [2.24, 2.45) is 0 Å². The number of nitrogens with one attached hydrogen (secondary N) is 1. The van der Waals surface area contributed by atoms with Crippen molar-refractivity contribution in [3.8, 4) is 0 Å². The molecule has 1 N–H and O–H groups in total. The van der Waals surface area contributed by atoms with Crippen LogP contribution < -0.4 is 9.62 Å². The van der Waals surface area contributed by atoms with Crippen LogP contribution in [0.1, 0.15) is 49.3 Å². The number of quaternary nitrogens is 1. The number of para-hydroxylation sites is 1. The molecular formula is C31H37FN3O4S+. The van der Waals surface area contributed by atoms with Crippen molar-refractivity contribution in [3.05, 3.63) is 95.8 Å². The Morgan fingerprint density at radius 2 is 1.52 bits per heavy atom. The van der Waals surface area contributed by atoms with E-state index in [4.69, 9.17) is 0 Å². The molecular weight excluding hydrogens is 529 g/mol. The van der Waals surface area contributed by atoms with Crippen LogP contribution in [0.4, 0.5) is 10.1 Å². The Morgan fingerprint density at radius 3 is 2.17 bits per heavy atom. The van der Waals surface area contributed by atoms with E-state index in [1.807, 2.05) is 33.2 Å². The first kappa shape index (κ1) is 29.6. The molecule has 212 valence electrons. The number of anilines is 1. The molecule has 0 radical (unpaired) electrons. The molecule has 1 unspecified atom stereocenters. The number of rotatable bonds is 9. The molecule has 0 saturated heterocycles. The Balaban J connectivity index is 1.80. The summed E-state index contributed by atoms with van der Waals surface area (Å²) in [6.45, 7) is 1.19. The maximum Gasteiger partial charge on any atom is 0.341 e. The zero-order chi connectivity index (χ0) is 28.9. The van der Waals surface area contributed by atoms with Crippen LogP contribution in [-0.4, -0.2) is 51.4 Å². The van der Waals surface area contributed by atoms with Gasteiger partial charge in [-0.05, 0) is 68.0 Å². The van der Waals surface area contributed by atoms with Gasteiger partial charge < -0.3 is 0 Å². The summed E-state index contributed by atoms with van der Waals surface area (Å²) < 4.78 is 43.6. The Morgan fingerprint density at radius 1 is 0.925 bits per heavy atom. The van der Waals surface area contributed by atoms with Crippen molar-refractivity contribution in [3.63, 3.8) is 0 Å². The lowest BCUT2D eigenvalue weighted by Gasteiger charge is -2.42. The quantitative estimate of drug-likeness (QED) is 0.365. The van der Waals surface area contributed by atoms with E-state index in [0.717, 1.165) is 42.6 Å². The summed E-state index contributed by atoms with van der Waals surface area (Å²) in [4.78, 5) is 29.7. The standard InChI is InChI=1S/C31H37FN3O4S/c1-23-14-10-11-19-26(23)30(31(37)35(2,3)24-15-6-4-7-16-24)34(28-21-13-12-20-27(28)32)29(36)22-33-40(38,39)25-17-8-5-9-18-25/h5,8-14,17-21,24,30,33H,4,6-7,15-16,22H2,1-3H3/q+1. The number of amides is 2. The van der Waals surface area contributed by atoms with Gasteiger partial charge in [0.1, 0.15) is 5.82 Å². The van der Waals surface area contributed by atoms with Crippen LogP contribution in [0.5, 0.6) is 0 Å². The highest BCUT2D eigenvalue weighted by Gasteiger charge is 2.46. The second-order valence-electron chi connectivity index (χ2n) is 10.8. The molecule has 0 aromatic heterocycles. The van der Waals surface area contributed by atoms with E-state index >= 15 is 4.39 Å². The van der Waals surface area contributed by atoms with Gasteiger partial charge in [0.15, 0.2) is 6.04 Å².